The van der Waals surface area contributed by atoms with Crippen molar-refractivity contribution in [1.82, 2.24) is 19.7 Å². The summed E-state index contributed by atoms with van der Waals surface area (Å²) < 4.78 is 7.52. The summed E-state index contributed by atoms with van der Waals surface area (Å²) in [7, 11) is 0. The normalized spacial score (nSPS) is 11.6. The Kier molecular flexibility index (Phi) is 6.37. The molecule has 0 unspecified atom stereocenters. The second-order valence-electron chi connectivity index (χ2n) is 7.67. The van der Waals surface area contributed by atoms with E-state index >= 15 is 0 Å². The van der Waals surface area contributed by atoms with Crippen molar-refractivity contribution in [2.45, 2.75) is 53.5 Å². The summed E-state index contributed by atoms with van der Waals surface area (Å²) >= 11 is 0. The average Bonchev–Trinajstić information content (AvgIpc) is 3.26. The van der Waals surface area contributed by atoms with Gasteiger partial charge in [0, 0.05) is 24.7 Å². The molecular weight excluding hydrogens is 368 g/mol. The molecule has 0 aliphatic rings. The Bertz CT molecular complexity index is 1000. The third-order valence-electron chi connectivity index (χ3n) is 5.04. The number of carbonyl (C=O) groups is 1. The Morgan fingerprint density at radius 3 is 2.62 bits per heavy atom. The monoisotopic (exact) mass is 398 g/mol. The molecule has 0 aromatic carbocycles. The third-order valence-corrected chi connectivity index (χ3v) is 5.04. The smallest absolute Gasteiger partial charge is 0.254 e. The second kappa shape index (κ2) is 8.78. The number of unbranched alkanes of at least 4 members (excludes halogenated alkanes) is 1. The van der Waals surface area contributed by atoms with Gasteiger partial charge in [0.25, 0.3) is 5.91 Å². The van der Waals surface area contributed by atoms with Crippen molar-refractivity contribution in [2.24, 2.45) is 0 Å². The van der Waals surface area contributed by atoms with Crippen LogP contribution in [0.25, 0.3) is 22.3 Å². The van der Waals surface area contributed by atoms with Crippen molar-refractivity contribution >= 4 is 16.9 Å². The number of rotatable bonds is 8. The maximum Gasteiger partial charge on any atom is 0.254 e. The molecule has 156 valence electrons. The molecule has 0 saturated carbocycles. The summed E-state index contributed by atoms with van der Waals surface area (Å²) in [5.41, 5.74) is 2.80. The number of aromatic nitrogens is 3. The zero-order valence-corrected chi connectivity index (χ0v) is 17.9. The lowest BCUT2D eigenvalue weighted by molar-refractivity contribution is 0.0721. The molecule has 7 heteroatoms. The lowest BCUT2D eigenvalue weighted by Gasteiger charge is -2.22. The molecule has 0 atom stereocenters. The zero-order chi connectivity index (χ0) is 21.1. The summed E-state index contributed by atoms with van der Waals surface area (Å²) in [6.45, 7) is 10.8. The fourth-order valence-corrected chi connectivity index (χ4v) is 3.55. The molecule has 1 amide bonds. The number of pyridine rings is 1. The summed E-state index contributed by atoms with van der Waals surface area (Å²) in [4.78, 5) is 20.0. The van der Waals surface area contributed by atoms with E-state index in [0.29, 0.717) is 30.0 Å². The van der Waals surface area contributed by atoms with Crippen molar-refractivity contribution < 1.29 is 14.3 Å². The highest BCUT2D eigenvalue weighted by atomic mass is 16.3. The van der Waals surface area contributed by atoms with Crippen LogP contribution in [0.4, 0.5) is 0 Å². The van der Waals surface area contributed by atoms with Crippen molar-refractivity contribution in [3.8, 4) is 11.3 Å². The summed E-state index contributed by atoms with van der Waals surface area (Å²) in [5.74, 6) is 1.46. The van der Waals surface area contributed by atoms with Gasteiger partial charge in [-0.1, -0.05) is 13.3 Å². The Morgan fingerprint density at radius 1 is 1.28 bits per heavy atom. The fraction of sp³-hybridized carbons (Fsp3) is 0.500. The van der Waals surface area contributed by atoms with Crippen molar-refractivity contribution in [1.29, 1.82) is 0 Å². The van der Waals surface area contributed by atoms with Gasteiger partial charge >= 0.3 is 0 Å². The van der Waals surface area contributed by atoms with Gasteiger partial charge < -0.3 is 14.4 Å². The van der Waals surface area contributed by atoms with Gasteiger partial charge in [-0.2, -0.15) is 5.10 Å². The predicted molar refractivity (Wildman–Crippen MR) is 113 cm³/mol. The van der Waals surface area contributed by atoms with E-state index in [-0.39, 0.29) is 18.6 Å². The summed E-state index contributed by atoms with van der Waals surface area (Å²) in [6, 6.07) is 3.88. The van der Waals surface area contributed by atoms with Crippen LogP contribution in [0.3, 0.4) is 0 Å². The van der Waals surface area contributed by atoms with Gasteiger partial charge in [-0.15, -0.1) is 0 Å². The molecular formula is C22H30N4O3. The Morgan fingerprint density at radius 2 is 2.03 bits per heavy atom. The van der Waals surface area contributed by atoms with Crippen molar-refractivity contribution in [3.05, 3.63) is 35.4 Å². The number of hydrogen-bond acceptors (Lipinski definition) is 5. The molecule has 0 saturated heterocycles. The van der Waals surface area contributed by atoms with Crippen molar-refractivity contribution in [2.75, 3.05) is 19.7 Å². The topological polar surface area (TPSA) is 84.4 Å². The molecule has 3 aromatic rings. The number of aliphatic hydroxyl groups excluding tert-OH is 1. The fourth-order valence-electron chi connectivity index (χ4n) is 3.55. The SMILES string of the molecule is CCCCN(CCO)C(=O)c1cc(-c2cc(C)oc2C)nc2c1cnn2C(C)C. The van der Waals surface area contributed by atoms with Crippen LogP contribution in [0.5, 0.6) is 0 Å². The van der Waals surface area contributed by atoms with Gasteiger partial charge in [0.15, 0.2) is 5.65 Å². The lowest BCUT2D eigenvalue weighted by atomic mass is 10.1. The van der Waals surface area contributed by atoms with Crippen LogP contribution in [0.2, 0.25) is 0 Å². The molecule has 29 heavy (non-hydrogen) atoms. The molecule has 0 aliphatic carbocycles. The van der Waals surface area contributed by atoms with Crippen LogP contribution in [0.15, 0.2) is 22.7 Å². The number of hydrogen-bond donors (Lipinski definition) is 1. The number of nitrogens with zero attached hydrogens (tertiary/aromatic N) is 4. The molecule has 0 aliphatic heterocycles. The standard InChI is InChI=1S/C22H30N4O3/c1-6-7-8-25(9-10-27)22(28)18-12-20(17-11-15(4)29-16(17)5)24-21-19(18)13-23-26(21)14(2)3/h11-14,27H,6-10H2,1-5H3. The van der Waals surface area contributed by atoms with E-state index < -0.39 is 0 Å². The largest absolute Gasteiger partial charge is 0.466 e. The van der Waals surface area contributed by atoms with E-state index in [2.05, 4.69) is 12.0 Å². The van der Waals surface area contributed by atoms with Gasteiger partial charge in [-0.25, -0.2) is 9.67 Å². The third kappa shape index (κ3) is 4.19. The summed E-state index contributed by atoms with van der Waals surface area (Å²) in [6.07, 6.45) is 3.58. The number of aryl methyl sites for hydroxylation is 2. The van der Waals surface area contributed by atoms with E-state index in [1.807, 2.05) is 44.5 Å². The average molecular weight is 399 g/mol. The molecule has 3 heterocycles. The minimum Gasteiger partial charge on any atom is -0.466 e. The first-order chi connectivity index (χ1) is 13.9. The van der Waals surface area contributed by atoms with Gasteiger partial charge in [0.05, 0.1) is 29.4 Å². The highest BCUT2D eigenvalue weighted by Crippen LogP contribution is 2.30. The number of aliphatic hydroxyl groups is 1. The molecule has 0 fully saturated rings. The molecule has 3 rings (SSSR count). The quantitative estimate of drug-likeness (QED) is 0.617. The van der Waals surface area contributed by atoms with Gasteiger partial charge in [-0.3, -0.25) is 4.79 Å². The maximum atomic E-state index is 13.4. The molecule has 1 N–H and O–H groups in total. The van der Waals surface area contributed by atoms with Crippen LogP contribution in [-0.4, -0.2) is 50.4 Å². The van der Waals surface area contributed by atoms with Crippen LogP contribution in [0, 0.1) is 13.8 Å². The van der Waals surface area contributed by atoms with Gasteiger partial charge in [0.2, 0.25) is 0 Å². The molecule has 0 spiro atoms. The van der Waals surface area contributed by atoms with E-state index in [4.69, 9.17) is 9.40 Å². The first kappa shape index (κ1) is 21.0. The number of carbonyl (C=O) groups excluding carboxylic acids is 1. The Labute approximate surface area is 171 Å². The lowest BCUT2D eigenvalue weighted by Crippen LogP contribution is -2.34. The number of furan rings is 1. The highest BCUT2D eigenvalue weighted by molar-refractivity contribution is 6.06. The first-order valence-corrected chi connectivity index (χ1v) is 10.2. The molecule has 0 radical (unpaired) electrons. The van der Waals surface area contributed by atoms with Crippen LogP contribution in [0.1, 0.15) is 61.5 Å². The summed E-state index contributed by atoms with van der Waals surface area (Å²) in [5, 5.41) is 14.7. The van der Waals surface area contributed by atoms with E-state index in [0.717, 1.165) is 35.3 Å². The van der Waals surface area contributed by atoms with Crippen LogP contribution in [-0.2, 0) is 0 Å². The number of amides is 1. The van der Waals surface area contributed by atoms with Crippen LogP contribution < -0.4 is 0 Å². The van der Waals surface area contributed by atoms with E-state index in [1.54, 1.807) is 11.1 Å². The first-order valence-electron chi connectivity index (χ1n) is 10.2. The maximum absolute atomic E-state index is 13.4. The molecule has 3 aromatic heterocycles. The van der Waals surface area contributed by atoms with Crippen LogP contribution >= 0.6 is 0 Å². The Hall–Kier alpha value is -2.67. The minimum atomic E-state index is -0.109. The molecule has 0 bridgehead atoms. The highest BCUT2D eigenvalue weighted by Gasteiger charge is 2.23. The minimum absolute atomic E-state index is 0.0676. The predicted octanol–water partition coefficient (Wildman–Crippen LogP) is 4.12. The molecule has 7 nitrogen and oxygen atoms in total. The second-order valence-corrected chi connectivity index (χ2v) is 7.67. The van der Waals surface area contributed by atoms with Gasteiger partial charge in [0.1, 0.15) is 11.5 Å². The number of fused-ring (bicyclic) bond motifs is 1. The van der Waals surface area contributed by atoms with E-state index in [9.17, 15) is 9.90 Å². The van der Waals surface area contributed by atoms with E-state index in [1.165, 1.54) is 0 Å². The zero-order valence-electron chi connectivity index (χ0n) is 17.9. The Balaban J connectivity index is 2.19. The van der Waals surface area contributed by atoms with Crippen molar-refractivity contribution in [3.63, 3.8) is 0 Å². The van der Waals surface area contributed by atoms with Gasteiger partial charge in [-0.05, 0) is 46.2 Å².